The van der Waals surface area contributed by atoms with Gasteiger partial charge in [-0.25, -0.2) is 0 Å². The molecule has 1 aromatic carbocycles. The Kier molecular flexibility index (Phi) is 5.09. The number of carbonyl (C=O) groups excluding carboxylic acids is 1. The topological polar surface area (TPSA) is 52.6 Å². The zero-order chi connectivity index (χ0) is 17.2. The molecule has 0 unspecified atom stereocenters. The summed E-state index contributed by atoms with van der Waals surface area (Å²) in [6.45, 7) is 1.97. The average Bonchev–Trinajstić information content (AvgIpc) is 3.36. The number of nitrogens with one attached hydrogen (secondary N) is 1. The van der Waals surface area contributed by atoms with Crippen molar-refractivity contribution in [2.24, 2.45) is 11.8 Å². The summed E-state index contributed by atoms with van der Waals surface area (Å²) in [6.07, 6.45) is 7.39. The number of hydrogen-bond donors (Lipinski definition) is 2. The van der Waals surface area contributed by atoms with Crippen molar-refractivity contribution >= 4 is 5.91 Å². The molecular formula is C21H30N2O2. The van der Waals surface area contributed by atoms with Crippen LogP contribution < -0.4 is 5.32 Å². The summed E-state index contributed by atoms with van der Waals surface area (Å²) in [5.41, 5.74) is 1.29. The fraction of sp³-hybridized carbons (Fsp3) is 0.667. The zero-order valence-electron chi connectivity index (χ0n) is 14.9. The maximum atomic E-state index is 12.1. The molecule has 136 valence electrons. The van der Waals surface area contributed by atoms with Gasteiger partial charge in [0.1, 0.15) is 0 Å². The van der Waals surface area contributed by atoms with Crippen LogP contribution in [-0.4, -0.2) is 47.7 Å². The van der Waals surface area contributed by atoms with Crippen molar-refractivity contribution in [1.29, 1.82) is 0 Å². The van der Waals surface area contributed by atoms with E-state index in [9.17, 15) is 9.90 Å². The molecule has 4 nitrogen and oxygen atoms in total. The van der Waals surface area contributed by atoms with E-state index in [1.807, 2.05) is 6.07 Å². The minimum absolute atomic E-state index is 0.186. The lowest BCUT2D eigenvalue weighted by Gasteiger charge is -2.56. The van der Waals surface area contributed by atoms with Crippen LogP contribution >= 0.6 is 0 Å². The molecular weight excluding hydrogens is 312 g/mol. The van der Waals surface area contributed by atoms with Crippen molar-refractivity contribution in [1.82, 2.24) is 10.2 Å². The molecule has 4 heteroatoms. The van der Waals surface area contributed by atoms with E-state index in [0.717, 1.165) is 25.3 Å². The Morgan fingerprint density at radius 1 is 1.08 bits per heavy atom. The Morgan fingerprint density at radius 3 is 2.44 bits per heavy atom. The van der Waals surface area contributed by atoms with Crippen LogP contribution in [0.15, 0.2) is 30.3 Å². The van der Waals surface area contributed by atoms with Crippen LogP contribution in [0.2, 0.25) is 0 Å². The molecule has 0 spiro atoms. The highest BCUT2D eigenvalue weighted by atomic mass is 16.3. The first-order valence-corrected chi connectivity index (χ1v) is 9.97. The summed E-state index contributed by atoms with van der Waals surface area (Å²) in [7, 11) is 0. The third kappa shape index (κ3) is 3.61. The number of benzene rings is 1. The van der Waals surface area contributed by atoms with Crippen LogP contribution in [0.25, 0.3) is 0 Å². The average molecular weight is 342 g/mol. The first-order valence-electron chi connectivity index (χ1n) is 9.97. The van der Waals surface area contributed by atoms with Crippen LogP contribution in [0.3, 0.4) is 0 Å². The number of aliphatic hydroxyl groups is 1. The lowest BCUT2D eigenvalue weighted by molar-refractivity contribution is -0.123. The van der Waals surface area contributed by atoms with Gasteiger partial charge in [-0.05, 0) is 37.2 Å². The molecule has 2 aliphatic carbocycles. The molecule has 2 saturated carbocycles. The minimum atomic E-state index is 0.186. The molecule has 3 aliphatic rings. The first-order chi connectivity index (χ1) is 12.3. The Labute approximate surface area is 150 Å². The van der Waals surface area contributed by atoms with Crippen molar-refractivity contribution in [3.05, 3.63) is 35.9 Å². The number of likely N-dealkylation sites (tertiary alicyclic amines) is 1. The highest BCUT2D eigenvalue weighted by Crippen LogP contribution is 2.42. The Bertz CT molecular complexity index is 581. The lowest BCUT2D eigenvalue weighted by atomic mass is 9.74. The minimum Gasteiger partial charge on any atom is -0.395 e. The first kappa shape index (κ1) is 17.0. The second-order valence-corrected chi connectivity index (χ2v) is 8.12. The van der Waals surface area contributed by atoms with Gasteiger partial charge in [0.25, 0.3) is 0 Å². The third-order valence-corrected chi connectivity index (χ3v) is 6.43. The van der Waals surface area contributed by atoms with Gasteiger partial charge in [0, 0.05) is 37.0 Å². The molecule has 1 heterocycles. The monoisotopic (exact) mass is 342 g/mol. The fourth-order valence-corrected chi connectivity index (χ4v) is 4.85. The molecule has 4 rings (SSSR count). The molecule has 0 aromatic heterocycles. The van der Waals surface area contributed by atoms with Gasteiger partial charge in [0.05, 0.1) is 6.61 Å². The maximum absolute atomic E-state index is 12.1. The normalized spacial score (nSPS) is 30.2. The van der Waals surface area contributed by atoms with Crippen LogP contribution in [0.4, 0.5) is 0 Å². The number of nitrogens with zero attached hydrogens (tertiary/aromatic N) is 1. The van der Waals surface area contributed by atoms with Gasteiger partial charge in [-0.2, -0.15) is 0 Å². The summed E-state index contributed by atoms with van der Waals surface area (Å²) in [5.74, 6) is 1.55. The van der Waals surface area contributed by atoms with Crippen molar-refractivity contribution in [2.45, 2.75) is 56.5 Å². The van der Waals surface area contributed by atoms with E-state index in [2.05, 4.69) is 34.5 Å². The van der Waals surface area contributed by atoms with E-state index >= 15 is 0 Å². The van der Waals surface area contributed by atoms with Crippen LogP contribution in [0.5, 0.6) is 0 Å². The van der Waals surface area contributed by atoms with Gasteiger partial charge in [0.15, 0.2) is 0 Å². The van der Waals surface area contributed by atoms with Crippen molar-refractivity contribution in [3.8, 4) is 0 Å². The predicted molar refractivity (Wildman–Crippen MR) is 98.2 cm³/mol. The van der Waals surface area contributed by atoms with E-state index in [0.29, 0.717) is 18.5 Å². The van der Waals surface area contributed by atoms with Gasteiger partial charge < -0.3 is 10.4 Å². The van der Waals surface area contributed by atoms with Crippen LogP contribution in [-0.2, 0) is 4.79 Å². The van der Waals surface area contributed by atoms with Crippen LogP contribution in [0, 0.1) is 11.8 Å². The van der Waals surface area contributed by atoms with Crippen molar-refractivity contribution in [3.63, 3.8) is 0 Å². The number of hydrogen-bond acceptors (Lipinski definition) is 3. The largest absolute Gasteiger partial charge is 0.395 e. The van der Waals surface area contributed by atoms with E-state index in [-0.39, 0.29) is 24.5 Å². The zero-order valence-corrected chi connectivity index (χ0v) is 14.9. The number of rotatable bonds is 7. The van der Waals surface area contributed by atoms with E-state index < -0.39 is 0 Å². The van der Waals surface area contributed by atoms with Crippen molar-refractivity contribution in [2.75, 3.05) is 19.7 Å². The van der Waals surface area contributed by atoms with Gasteiger partial charge in [-0.1, -0.05) is 43.2 Å². The summed E-state index contributed by atoms with van der Waals surface area (Å²) >= 11 is 0. The summed E-state index contributed by atoms with van der Waals surface area (Å²) in [5, 5.41) is 13.2. The van der Waals surface area contributed by atoms with Gasteiger partial charge in [-0.3, -0.25) is 9.69 Å². The quantitative estimate of drug-likeness (QED) is 0.801. The number of carbonyl (C=O) groups is 1. The van der Waals surface area contributed by atoms with Gasteiger partial charge in [0.2, 0.25) is 5.91 Å². The molecule has 1 saturated heterocycles. The Hall–Kier alpha value is -1.39. The van der Waals surface area contributed by atoms with Crippen LogP contribution in [0.1, 0.15) is 50.0 Å². The van der Waals surface area contributed by atoms with Gasteiger partial charge in [-0.15, -0.1) is 0 Å². The second kappa shape index (κ2) is 7.46. The molecule has 2 N–H and O–H groups in total. The fourth-order valence-electron chi connectivity index (χ4n) is 4.85. The molecule has 3 fully saturated rings. The maximum Gasteiger partial charge on any atom is 0.223 e. The molecule has 1 amide bonds. The van der Waals surface area contributed by atoms with E-state index in [1.54, 1.807) is 0 Å². The second-order valence-electron chi connectivity index (χ2n) is 8.12. The van der Waals surface area contributed by atoms with E-state index in [1.165, 1.54) is 31.2 Å². The van der Waals surface area contributed by atoms with Crippen molar-refractivity contribution < 1.29 is 9.90 Å². The number of amides is 1. The molecule has 25 heavy (non-hydrogen) atoms. The molecule has 0 bridgehead atoms. The van der Waals surface area contributed by atoms with Gasteiger partial charge >= 0.3 is 0 Å². The molecule has 3 atom stereocenters. The van der Waals surface area contributed by atoms with E-state index in [4.69, 9.17) is 0 Å². The summed E-state index contributed by atoms with van der Waals surface area (Å²) in [4.78, 5) is 14.6. The smallest absolute Gasteiger partial charge is 0.223 e. The third-order valence-electron chi connectivity index (χ3n) is 6.43. The molecule has 0 radical (unpaired) electrons. The summed E-state index contributed by atoms with van der Waals surface area (Å²) < 4.78 is 0. The standard InChI is InChI=1S/C21H30N2O2/c24-14-19-20(16-8-2-1-3-9-16)18(12-22-21(25)17-10-11-17)23(19)13-15-6-4-5-7-15/h1-3,8-9,15,17-20,24H,4-7,10-14H2,(H,22,25)/t18-,19+,20+/m1/s1. The lowest BCUT2D eigenvalue weighted by Crippen LogP contribution is -2.67. The predicted octanol–water partition coefficient (Wildman–Crippen LogP) is 2.53. The SMILES string of the molecule is O=C(NC[C@@H]1[C@H](c2ccccc2)[C@H](CO)N1CC1CCCC1)C1CC1. The Balaban J connectivity index is 1.47. The molecule has 1 aliphatic heterocycles. The Morgan fingerprint density at radius 2 is 1.80 bits per heavy atom. The highest BCUT2D eigenvalue weighted by Gasteiger charge is 2.49. The number of aliphatic hydroxyl groups excluding tert-OH is 1. The highest BCUT2D eigenvalue weighted by molar-refractivity contribution is 5.80. The molecule has 1 aromatic rings. The summed E-state index contributed by atoms with van der Waals surface area (Å²) in [6, 6.07) is 11.0.